The van der Waals surface area contributed by atoms with Gasteiger partial charge in [-0.3, -0.25) is 0 Å². The lowest BCUT2D eigenvalue weighted by atomic mass is 9.44. The Morgan fingerprint density at radius 1 is 0.443 bits per heavy atom. The van der Waals surface area contributed by atoms with Crippen LogP contribution in [0.1, 0.15) is 92.4 Å². The maximum Gasteiger partial charge on any atom is 0.187 e. The van der Waals surface area contributed by atoms with Gasteiger partial charge in [0.1, 0.15) is 140 Å². The standard InChI is InChI=1S/C63H106O34/c1-21(20-85-55-46(79)42(75)37(70)23(3)86-55)8-11-63(84)22(2)36-30(97-63)13-27-25-7-6-24-12-29(28(69)14-62(24,5)26(25)9-10-61(27,36)4)87-56-49(82)45(78)51(35(19-68)92-56)93-60-54(53(41(74)34(18-67)91-60)95-58-48(81)44(77)39(72)32(16-65)89-58)96-59-50(83)52(40(73)33(17-66)90-59)94-57-47(80)43(76)38(71)31(15-64)88-57/h21-60,64-84H,6-20H2,1-5H3/t21-,22+,23-,24+,25-,26+,27+,28-,29-,30+,31-,32-,33-,34-,35-,36+,37-,38-,39-,40-,41-,42+,43+,44+,45-,46-,47-,48-,49-,50-,51+,52+,53+,54-,55-,56-,57+,58+,59+,60+,61+,62+,63-/m1/s1. The van der Waals surface area contributed by atoms with E-state index >= 15 is 0 Å². The lowest BCUT2D eigenvalue weighted by molar-refractivity contribution is -0.412. The minimum atomic E-state index is -2.26. The van der Waals surface area contributed by atoms with E-state index in [0.29, 0.717) is 31.6 Å². The van der Waals surface area contributed by atoms with Crippen molar-refractivity contribution in [1.29, 1.82) is 0 Å². The van der Waals surface area contributed by atoms with E-state index in [1.165, 1.54) is 0 Å². The van der Waals surface area contributed by atoms with E-state index < -0.39 is 235 Å². The summed E-state index contributed by atoms with van der Waals surface area (Å²) in [6.07, 6.45) is -51.3. The van der Waals surface area contributed by atoms with Crippen LogP contribution in [0.25, 0.3) is 0 Å². The van der Waals surface area contributed by atoms with Crippen LogP contribution in [0.2, 0.25) is 0 Å². The van der Waals surface area contributed by atoms with Crippen molar-refractivity contribution < 1.29 is 169 Å². The number of rotatable bonds is 21. The van der Waals surface area contributed by atoms with Crippen molar-refractivity contribution in [2.45, 2.75) is 301 Å². The molecule has 0 unspecified atom stereocenters. The first-order chi connectivity index (χ1) is 45.9. The van der Waals surface area contributed by atoms with Gasteiger partial charge in [-0.05, 0) is 105 Å². The van der Waals surface area contributed by atoms with Gasteiger partial charge in [-0.2, -0.15) is 0 Å². The predicted molar refractivity (Wildman–Crippen MR) is 317 cm³/mol. The third-order valence-electron chi connectivity index (χ3n) is 24.3. The topological polar surface area (TPSA) is 545 Å². The van der Waals surface area contributed by atoms with Gasteiger partial charge in [0.05, 0.1) is 64.1 Å². The van der Waals surface area contributed by atoms with Crippen molar-refractivity contribution in [2.24, 2.45) is 52.3 Å². The summed E-state index contributed by atoms with van der Waals surface area (Å²) in [4.78, 5) is 0. The molecule has 11 rings (SSSR count). The maximum absolute atomic E-state index is 12.2. The Hall–Kier alpha value is -1.36. The number of hydrogen-bond acceptors (Lipinski definition) is 34. The molecule has 34 nitrogen and oxygen atoms in total. The molecule has 21 N–H and O–H groups in total. The molecule has 34 heteroatoms. The molecular formula is C63H106O34. The summed E-state index contributed by atoms with van der Waals surface area (Å²) in [6.45, 7) is 5.48. The van der Waals surface area contributed by atoms with E-state index in [4.69, 9.17) is 61.6 Å². The molecule has 7 heterocycles. The normalized spacial score (nSPS) is 55.9. The van der Waals surface area contributed by atoms with E-state index in [9.17, 15) is 107 Å². The fraction of sp³-hybridized carbons (Fsp3) is 1.00. The number of fused-ring (bicyclic) bond motifs is 7. The van der Waals surface area contributed by atoms with Gasteiger partial charge in [0.15, 0.2) is 43.5 Å². The zero-order valence-corrected chi connectivity index (χ0v) is 54.9. The zero-order chi connectivity index (χ0) is 70.4. The molecule has 562 valence electrons. The molecule has 0 amide bonds. The summed E-state index contributed by atoms with van der Waals surface area (Å²) in [7, 11) is 0. The molecule has 0 spiro atoms. The summed E-state index contributed by atoms with van der Waals surface area (Å²) >= 11 is 0. The zero-order valence-electron chi connectivity index (χ0n) is 54.9. The second-order valence-electron chi connectivity index (χ2n) is 30.0. The van der Waals surface area contributed by atoms with Crippen molar-refractivity contribution in [3.63, 3.8) is 0 Å². The van der Waals surface area contributed by atoms with Gasteiger partial charge in [-0.1, -0.05) is 27.7 Å². The first kappa shape index (κ1) is 76.8. The molecule has 97 heavy (non-hydrogen) atoms. The number of ether oxygens (including phenoxy) is 13. The van der Waals surface area contributed by atoms with E-state index in [-0.39, 0.29) is 59.0 Å². The van der Waals surface area contributed by atoms with Crippen LogP contribution in [0.5, 0.6) is 0 Å². The van der Waals surface area contributed by atoms with Gasteiger partial charge in [0.25, 0.3) is 0 Å². The van der Waals surface area contributed by atoms with Crippen LogP contribution in [-0.4, -0.2) is 355 Å². The van der Waals surface area contributed by atoms with Gasteiger partial charge in [-0.15, -0.1) is 0 Å². The molecule has 11 aliphatic rings. The van der Waals surface area contributed by atoms with Gasteiger partial charge in [0, 0.05) is 12.3 Å². The summed E-state index contributed by atoms with van der Waals surface area (Å²) < 4.78 is 77.9. The van der Waals surface area contributed by atoms with E-state index in [0.717, 1.165) is 32.1 Å². The van der Waals surface area contributed by atoms with Crippen molar-refractivity contribution >= 4 is 0 Å². The number of aliphatic hydroxyl groups excluding tert-OH is 20. The van der Waals surface area contributed by atoms with Crippen molar-refractivity contribution in [3.05, 3.63) is 0 Å². The molecular weight excluding hydrogens is 1300 g/mol. The smallest absolute Gasteiger partial charge is 0.187 e. The van der Waals surface area contributed by atoms with E-state index in [2.05, 4.69) is 20.8 Å². The third kappa shape index (κ3) is 14.3. The second-order valence-corrected chi connectivity index (χ2v) is 30.0. The van der Waals surface area contributed by atoms with Crippen LogP contribution < -0.4 is 0 Å². The Bertz CT molecular complexity index is 2530. The largest absolute Gasteiger partial charge is 0.394 e. The average Bonchev–Trinajstić information content (AvgIpc) is 1.57. The molecule has 7 saturated heterocycles. The van der Waals surface area contributed by atoms with Gasteiger partial charge in [0.2, 0.25) is 0 Å². The molecule has 0 bridgehead atoms. The quantitative estimate of drug-likeness (QED) is 0.0475. The molecule has 0 radical (unpaired) electrons. The van der Waals surface area contributed by atoms with E-state index in [1.807, 2.05) is 6.92 Å². The molecule has 43 atom stereocenters. The van der Waals surface area contributed by atoms with Gasteiger partial charge in [-0.25, -0.2) is 0 Å². The monoisotopic (exact) mass is 1410 g/mol. The summed E-state index contributed by atoms with van der Waals surface area (Å²) in [5.41, 5.74) is -0.494. The lowest BCUT2D eigenvalue weighted by Gasteiger charge is -2.62. The third-order valence-corrected chi connectivity index (χ3v) is 24.3. The van der Waals surface area contributed by atoms with Crippen molar-refractivity contribution in [3.8, 4) is 0 Å². The Morgan fingerprint density at radius 2 is 0.928 bits per heavy atom. The van der Waals surface area contributed by atoms with Crippen molar-refractivity contribution in [2.75, 3.05) is 39.6 Å². The molecule has 0 aromatic rings. The van der Waals surface area contributed by atoms with Crippen LogP contribution in [0.3, 0.4) is 0 Å². The van der Waals surface area contributed by atoms with E-state index in [1.54, 1.807) is 6.92 Å². The number of hydrogen-bond donors (Lipinski definition) is 21. The Balaban J connectivity index is 0.755. The number of aliphatic hydroxyl groups is 21. The summed E-state index contributed by atoms with van der Waals surface area (Å²) in [6, 6.07) is 0. The molecule has 0 aromatic heterocycles. The second kappa shape index (κ2) is 30.6. The maximum atomic E-state index is 12.2. The molecule has 7 aliphatic heterocycles. The highest BCUT2D eigenvalue weighted by atomic mass is 16.8. The molecule has 4 saturated carbocycles. The van der Waals surface area contributed by atoms with Crippen LogP contribution in [-0.2, 0) is 61.6 Å². The molecule has 4 aliphatic carbocycles. The van der Waals surface area contributed by atoms with Crippen LogP contribution in [0, 0.1) is 52.3 Å². The lowest BCUT2D eigenvalue weighted by Crippen LogP contribution is -2.69. The Kier molecular flexibility index (Phi) is 24.2. The van der Waals surface area contributed by atoms with Gasteiger partial charge >= 0.3 is 0 Å². The van der Waals surface area contributed by atoms with Crippen molar-refractivity contribution in [1.82, 2.24) is 0 Å². The predicted octanol–water partition coefficient (Wildman–Crippen LogP) is -8.31. The average molecular weight is 1410 g/mol. The first-order valence-corrected chi connectivity index (χ1v) is 34.4. The molecule has 0 aromatic carbocycles. The first-order valence-electron chi connectivity index (χ1n) is 34.4. The molecule has 11 fully saturated rings. The van der Waals surface area contributed by atoms with Gasteiger partial charge < -0.3 is 169 Å². The highest BCUT2D eigenvalue weighted by Crippen LogP contribution is 2.71. The van der Waals surface area contributed by atoms with Crippen LogP contribution in [0.15, 0.2) is 0 Å². The summed E-state index contributed by atoms with van der Waals surface area (Å²) in [5, 5.41) is 230. The Morgan fingerprint density at radius 3 is 1.53 bits per heavy atom. The highest BCUT2D eigenvalue weighted by molar-refractivity contribution is 5.16. The highest BCUT2D eigenvalue weighted by Gasteiger charge is 2.69. The van der Waals surface area contributed by atoms with Crippen LogP contribution >= 0.6 is 0 Å². The fourth-order valence-electron chi connectivity index (χ4n) is 18.6. The fourth-order valence-corrected chi connectivity index (χ4v) is 18.6. The minimum absolute atomic E-state index is 0.0347. The van der Waals surface area contributed by atoms with Crippen LogP contribution in [0.4, 0.5) is 0 Å². The Labute approximate surface area is 559 Å². The summed E-state index contributed by atoms with van der Waals surface area (Å²) in [5.74, 6) is -0.736. The minimum Gasteiger partial charge on any atom is -0.394 e. The SMILES string of the molecule is C[C@H](CC[C@@]1(O)O[C@H]2C[C@H]3[C@@H]4CC[C@H]5C[C@@H](O[C@@H]6O[C@H](CO)[C@H](O[C@@H]7O[C@H](CO)[C@@H](O)[C@H](O[C@@H]8O[C@H](CO)[C@@H](O)[C@H](O)[C@H]8O)[C@H]7O[C@@H]7O[C@H](CO)[C@@H](O)[C@H](O[C@@H]8O[C@H](CO)[C@@H](O)[C@H](O)[C@H]8O)[C@H]7O)[C@H](O)[C@H]6O)[C@H](O)C[C@]5(C)[C@H]4CC[C@]3(C)[C@H]2[C@@H]1C)CO[C@@H]1O[C@H](C)[C@@H](O)[C@H](O)[C@H]1O.